The molecule has 0 saturated carbocycles. The lowest BCUT2D eigenvalue weighted by Crippen LogP contribution is -2.44. The Morgan fingerprint density at radius 1 is 1.08 bits per heavy atom. The molecule has 140 valence electrons. The molecule has 1 fully saturated rings. The molecule has 0 aliphatic carbocycles. The summed E-state index contributed by atoms with van der Waals surface area (Å²) in [6.07, 6.45) is 2.01. The Kier molecular flexibility index (Phi) is 5.47. The summed E-state index contributed by atoms with van der Waals surface area (Å²) in [5.74, 6) is -0.0680. The molecule has 1 aromatic carbocycles. The third-order valence-electron chi connectivity index (χ3n) is 5.34. The van der Waals surface area contributed by atoms with E-state index in [1.807, 2.05) is 51.2 Å². The highest BCUT2D eigenvalue weighted by Gasteiger charge is 2.42. The van der Waals surface area contributed by atoms with E-state index in [1.165, 1.54) is 4.90 Å². The maximum absolute atomic E-state index is 13.2. The summed E-state index contributed by atoms with van der Waals surface area (Å²) >= 11 is 0. The van der Waals surface area contributed by atoms with Crippen LogP contribution in [0.1, 0.15) is 32.3 Å². The summed E-state index contributed by atoms with van der Waals surface area (Å²) < 4.78 is 0. The summed E-state index contributed by atoms with van der Waals surface area (Å²) in [7, 11) is 4.10. The van der Waals surface area contributed by atoms with Crippen LogP contribution in [0.15, 0.2) is 36.0 Å². The second-order valence-corrected chi connectivity index (χ2v) is 7.85. The maximum atomic E-state index is 13.2. The van der Waals surface area contributed by atoms with Gasteiger partial charge in [-0.2, -0.15) is 0 Å². The molecule has 2 heterocycles. The molecule has 26 heavy (non-hydrogen) atoms. The Balaban J connectivity index is 1.99. The van der Waals surface area contributed by atoms with Crippen LogP contribution in [0, 0.1) is 5.92 Å². The number of piperidine rings is 1. The Labute approximate surface area is 156 Å². The van der Waals surface area contributed by atoms with Crippen LogP contribution in [0.2, 0.25) is 0 Å². The van der Waals surface area contributed by atoms with Gasteiger partial charge in [0.05, 0.1) is 5.57 Å². The third kappa shape index (κ3) is 3.54. The molecule has 0 N–H and O–H groups in total. The molecule has 0 bridgehead atoms. The van der Waals surface area contributed by atoms with Gasteiger partial charge in [-0.3, -0.25) is 14.5 Å². The van der Waals surface area contributed by atoms with Crippen molar-refractivity contribution >= 4 is 17.4 Å². The van der Waals surface area contributed by atoms with Gasteiger partial charge in [0.1, 0.15) is 5.70 Å². The molecule has 0 radical (unpaired) electrons. The molecule has 0 atom stereocenters. The average molecular weight is 355 g/mol. The van der Waals surface area contributed by atoms with Crippen molar-refractivity contribution in [3.8, 4) is 0 Å². The predicted molar refractivity (Wildman–Crippen MR) is 103 cm³/mol. The van der Waals surface area contributed by atoms with Gasteiger partial charge in [-0.25, -0.2) is 0 Å². The molecular weight excluding hydrogens is 326 g/mol. The molecule has 0 aromatic heterocycles. The topological polar surface area (TPSA) is 43.9 Å². The number of likely N-dealkylation sites (tertiary alicyclic amines) is 1. The zero-order chi connectivity index (χ0) is 18.8. The van der Waals surface area contributed by atoms with E-state index in [4.69, 9.17) is 0 Å². The molecule has 0 unspecified atom stereocenters. The summed E-state index contributed by atoms with van der Waals surface area (Å²) in [5, 5.41) is 0. The van der Waals surface area contributed by atoms with Gasteiger partial charge in [0.25, 0.3) is 11.8 Å². The van der Waals surface area contributed by atoms with Crippen molar-refractivity contribution in [3.05, 3.63) is 41.6 Å². The van der Waals surface area contributed by atoms with Gasteiger partial charge < -0.3 is 9.80 Å². The van der Waals surface area contributed by atoms with Crippen molar-refractivity contribution in [1.82, 2.24) is 14.7 Å². The first-order chi connectivity index (χ1) is 12.4. The van der Waals surface area contributed by atoms with E-state index < -0.39 is 0 Å². The van der Waals surface area contributed by atoms with Crippen molar-refractivity contribution in [2.75, 3.05) is 33.7 Å². The molecule has 5 nitrogen and oxygen atoms in total. The molecule has 1 saturated heterocycles. The van der Waals surface area contributed by atoms with E-state index in [2.05, 4.69) is 16.8 Å². The fourth-order valence-electron chi connectivity index (χ4n) is 3.85. The number of carbonyl (C=O) groups is 2. The Bertz CT molecular complexity index is 703. The Morgan fingerprint density at radius 2 is 1.69 bits per heavy atom. The van der Waals surface area contributed by atoms with Crippen LogP contribution in [-0.2, 0) is 9.59 Å². The molecule has 5 heteroatoms. The van der Waals surface area contributed by atoms with Gasteiger partial charge in [-0.1, -0.05) is 44.2 Å². The molecule has 2 amide bonds. The molecule has 2 aliphatic heterocycles. The minimum atomic E-state index is -0.162. The number of hydrogen-bond donors (Lipinski definition) is 0. The van der Waals surface area contributed by atoms with Crippen molar-refractivity contribution in [3.63, 3.8) is 0 Å². The van der Waals surface area contributed by atoms with E-state index in [0.717, 1.165) is 31.5 Å². The van der Waals surface area contributed by atoms with E-state index >= 15 is 0 Å². The van der Waals surface area contributed by atoms with E-state index in [1.54, 1.807) is 0 Å². The Hall–Kier alpha value is -2.14. The van der Waals surface area contributed by atoms with Crippen LogP contribution in [-0.4, -0.2) is 66.3 Å². The molecule has 1 aromatic rings. The highest BCUT2D eigenvalue weighted by Crippen LogP contribution is 2.33. The zero-order valence-electron chi connectivity index (χ0n) is 16.2. The second kappa shape index (κ2) is 7.62. The number of carbonyl (C=O) groups excluding carboxylic acids is 2. The highest BCUT2D eigenvalue weighted by molar-refractivity contribution is 6.35. The second-order valence-electron chi connectivity index (χ2n) is 7.85. The van der Waals surface area contributed by atoms with Gasteiger partial charge in [0.2, 0.25) is 0 Å². The minimum absolute atomic E-state index is 0.149. The van der Waals surface area contributed by atoms with Crippen LogP contribution >= 0.6 is 0 Å². The molecule has 0 spiro atoms. The van der Waals surface area contributed by atoms with E-state index in [9.17, 15) is 9.59 Å². The lowest BCUT2D eigenvalue weighted by Gasteiger charge is -2.36. The lowest BCUT2D eigenvalue weighted by molar-refractivity contribution is -0.138. The van der Waals surface area contributed by atoms with Gasteiger partial charge in [0, 0.05) is 19.6 Å². The van der Waals surface area contributed by atoms with Crippen LogP contribution < -0.4 is 0 Å². The minimum Gasteiger partial charge on any atom is -0.366 e. The summed E-state index contributed by atoms with van der Waals surface area (Å²) in [4.78, 5) is 32.1. The standard InChI is InChI=1S/C21H29N3O2/c1-15(2)14-24-20(25)18(16-8-6-5-7-9-16)19(21(24)26)23(4)17-10-12-22(3)13-11-17/h5-9,15,17H,10-14H2,1-4H3. The van der Waals surface area contributed by atoms with E-state index in [0.29, 0.717) is 17.8 Å². The summed E-state index contributed by atoms with van der Waals surface area (Å²) in [6, 6.07) is 9.88. The quantitative estimate of drug-likeness (QED) is 0.761. The van der Waals surface area contributed by atoms with Crippen LogP contribution in [0.25, 0.3) is 5.57 Å². The first-order valence-electron chi connectivity index (χ1n) is 9.47. The molecule has 2 aliphatic rings. The first kappa shape index (κ1) is 18.6. The van der Waals surface area contributed by atoms with E-state index in [-0.39, 0.29) is 23.8 Å². The number of rotatable bonds is 5. The number of likely N-dealkylation sites (N-methyl/N-ethyl adjacent to an activating group) is 1. The Morgan fingerprint density at radius 3 is 2.27 bits per heavy atom. The number of nitrogens with zero attached hydrogens (tertiary/aromatic N) is 3. The molecule has 3 rings (SSSR count). The van der Waals surface area contributed by atoms with Crippen molar-refractivity contribution in [1.29, 1.82) is 0 Å². The monoisotopic (exact) mass is 355 g/mol. The smallest absolute Gasteiger partial charge is 0.277 e. The largest absolute Gasteiger partial charge is 0.366 e. The summed E-state index contributed by atoms with van der Waals surface area (Å²) in [5.41, 5.74) is 1.95. The average Bonchev–Trinajstić information content (AvgIpc) is 2.87. The van der Waals surface area contributed by atoms with Crippen LogP contribution in [0.3, 0.4) is 0 Å². The van der Waals surface area contributed by atoms with Crippen LogP contribution in [0.5, 0.6) is 0 Å². The zero-order valence-corrected chi connectivity index (χ0v) is 16.2. The predicted octanol–water partition coefficient (Wildman–Crippen LogP) is 2.45. The maximum Gasteiger partial charge on any atom is 0.277 e. The highest BCUT2D eigenvalue weighted by atomic mass is 16.2. The summed E-state index contributed by atoms with van der Waals surface area (Å²) in [6.45, 7) is 6.54. The van der Waals surface area contributed by atoms with Crippen molar-refractivity contribution in [2.24, 2.45) is 5.92 Å². The lowest BCUT2D eigenvalue weighted by atomic mass is 10.0. The van der Waals surface area contributed by atoms with Gasteiger partial charge in [0.15, 0.2) is 0 Å². The number of benzene rings is 1. The first-order valence-corrected chi connectivity index (χ1v) is 9.47. The SMILES string of the molecule is CC(C)CN1C(=O)C(c2ccccc2)=C(N(C)C2CCN(C)CC2)C1=O. The number of imide groups is 1. The molecular formula is C21H29N3O2. The van der Waals surface area contributed by atoms with Gasteiger partial charge >= 0.3 is 0 Å². The van der Waals surface area contributed by atoms with Crippen LogP contribution in [0.4, 0.5) is 0 Å². The fourth-order valence-corrected chi connectivity index (χ4v) is 3.85. The van der Waals surface area contributed by atoms with Crippen molar-refractivity contribution < 1.29 is 9.59 Å². The normalized spacial score (nSPS) is 19.8. The number of hydrogen-bond acceptors (Lipinski definition) is 4. The van der Waals surface area contributed by atoms with Gasteiger partial charge in [-0.05, 0) is 44.5 Å². The van der Waals surface area contributed by atoms with Gasteiger partial charge in [-0.15, -0.1) is 0 Å². The van der Waals surface area contributed by atoms with Crippen molar-refractivity contribution in [2.45, 2.75) is 32.7 Å². The third-order valence-corrected chi connectivity index (χ3v) is 5.34. The fraction of sp³-hybridized carbons (Fsp3) is 0.524. The number of amides is 2.